The summed E-state index contributed by atoms with van der Waals surface area (Å²) >= 11 is 1.52. The van der Waals surface area contributed by atoms with Gasteiger partial charge in [0.25, 0.3) is 5.91 Å². The van der Waals surface area contributed by atoms with E-state index in [1.54, 1.807) is 12.4 Å². The van der Waals surface area contributed by atoms with Crippen LogP contribution in [0, 0.1) is 0 Å². The van der Waals surface area contributed by atoms with Crippen LogP contribution in [-0.4, -0.2) is 38.8 Å². The largest absolute Gasteiger partial charge is 0.348 e. The topological polar surface area (TPSA) is 71.0 Å². The first-order valence-corrected chi connectivity index (χ1v) is 9.31. The number of hydrogen-bond acceptors (Lipinski definition) is 6. The molecule has 128 valence electrons. The summed E-state index contributed by atoms with van der Waals surface area (Å²) in [4.78, 5) is 27.9. The smallest absolute Gasteiger partial charge is 0.274 e. The van der Waals surface area contributed by atoms with Gasteiger partial charge >= 0.3 is 0 Å². The minimum Gasteiger partial charge on any atom is -0.348 e. The zero-order valence-corrected chi connectivity index (χ0v) is 14.8. The molecule has 4 heterocycles. The monoisotopic (exact) mass is 353 g/mol. The molecule has 1 atom stereocenters. The van der Waals surface area contributed by atoms with Crippen LogP contribution in [0.2, 0.25) is 0 Å². The van der Waals surface area contributed by atoms with Gasteiger partial charge in [-0.1, -0.05) is 0 Å². The molecule has 6 nitrogen and oxygen atoms in total. The summed E-state index contributed by atoms with van der Waals surface area (Å²) in [5.74, 6) is 0.490. The Morgan fingerprint density at radius 3 is 2.72 bits per heavy atom. The number of thiophene rings is 1. The highest BCUT2D eigenvalue weighted by molar-refractivity contribution is 7.17. The van der Waals surface area contributed by atoms with E-state index in [1.165, 1.54) is 11.3 Å². The third-order valence-electron chi connectivity index (χ3n) is 4.45. The van der Waals surface area contributed by atoms with E-state index in [4.69, 9.17) is 0 Å². The van der Waals surface area contributed by atoms with E-state index in [-0.39, 0.29) is 11.9 Å². The summed E-state index contributed by atoms with van der Waals surface area (Å²) in [6.45, 7) is 3.66. The van der Waals surface area contributed by atoms with E-state index in [0.29, 0.717) is 11.6 Å². The molecule has 3 aromatic heterocycles. The lowest BCUT2D eigenvalue weighted by atomic mass is 10.1. The number of nitrogens with one attached hydrogen (secondary N) is 1. The molecule has 1 aliphatic rings. The molecule has 1 N–H and O–H groups in total. The molecular formula is C18H19N5OS. The number of nitrogens with zero attached hydrogens (tertiary/aromatic N) is 4. The first kappa shape index (κ1) is 16.0. The van der Waals surface area contributed by atoms with Gasteiger partial charge in [-0.05, 0) is 48.9 Å². The fourth-order valence-corrected chi connectivity index (χ4v) is 3.88. The van der Waals surface area contributed by atoms with Crippen molar-refractivity contribution in [1.82, 2.24) is 19.9 Å². The molecule has 0 aromatic carbocycles. The van der Waals surface area contributed by atoms with Gasteiger partial charge in [0.15, 0.2) is 5.69 Å². The van der Waals surface area contributed by atoms with Crippen LogP contribution in [0.3, 0.4) is 0 Å². The number of fused-ring (bicyclic) bond motifs is 1. The van der Waals surface area contributed by atoms with Crippen molar-refractivity contribution in [3.05, 3.63) is 47.2 Å². The Labute approximate surface area is 149 Å². The normalized spacial score (nSPS) is 15.5. The summed E-state index contributed by atoms with van der Waals surface area (Å²) < 4.78 is 0.860. The lowest BCUT2D eigenvalue weighted by Gasteiger charge is -2.17. The van der Waals surface area contributed by atoms with E-state index in [0.717, 1.165) is 41.7 Å². The highest BCUT2D eigenvalue weighted by Gasteiger charge is 2.24. The first-order valence-electron chi connectivity index (χ1n) is 8.43. The second-order valence-corrected chi connectivity index (χ2v) is 7.09. The summed E-state index contributed by atoms with van der Waals surface area (Å²) in [5.41, 5.74) is 2.41. The maximum absolute atomic E-state index is 12.9. The molecule has 1 fully saturated rings. The molecule has 1 amide bonds. The van der Waals surface area contributed by atoms with Gasteiger partial charge in [0.1, 0.15) is 0 Å². The zero-order valence-electron chi connectivity index (χ0n) is 14.0. The fraction of sp³-hybridized carbons (Fsp3) is 0.333. The zero-order chi connectivity index (χ0) is 17.2. The van der Waals surface area contributed by atoms with Crippen molar-refractivity contribution in [1.29, 1.82) is 0 Å². The van der Waals surface area contributed by atoms with Crippen molar-refractivity contribution in [2.24, 2.45) is 0 Å². The highest BCUT2D eigenvalue weighted by Crippen LogP contribution is 2.27. The third-order valence-corrected chi connectivity index (χ3v) is 5.36. The summed E-state index contributed by atoms with van der Waals surface area (Å²) in [5, 5.41) is 5.26. The van der Waals surface area contributed by atoms with Gasteiger partial charge < -0.3 is 10.2 Å². The predicted molar refractivity (Wildman–Crippen MR) is 98.8 cm³/mol. The van der Waals surface area contributed by atoms with Gasteiger partial charge in [0.05, 0.1) is 16.3 Å². The number of anilines is 1. The lowest BCUT2D eigenvalue weighted by molar-refractivity contribution is 0.0789. The van der Waals surface area contributed by atoms with Gasteiger partial charge in [-0.2, -0.15) is 0 Å². The molecule has 0 aliphatic carbocycles. The molecular weight excluding hydrogens is 334 g/mol. The van der Waals surface area contributed by atoms with Gasteiger partial charge in [0.2, 0.25) is 5.95 Å². The van der Waals surface area contributed by atoms with Crippen LogP contribution in [0.5, 0.6) is 0 Å². The molecule has 1 aliphatic heterocycles. The van der Waals surface area contributed by atoms with Crippen LogP contribution >= 0.6 is 11.3 Å². The summed E-state index contributed by atoms with van der Waals surface area (Å²) in [6.07, 6.45) is 5.65. The molecule has 3 aromatic rings. The molecule has 1 saturated heterocycles. The Hall–Kier alpha value is -2.54. The molecule has 0 saturated carbocycles. The van der Waals surface area contributed by atoms with E-state index in [2.05, 4.69) is 20.3 Å². The van der Waals surface area contributed by atoms with Crippen molar-refractivity contribution in [2.75, 3.05) is 18.4 Å². The Bertz CT molecular complexity index is 889. The van der Waals surface area contributed by atoms with Crippen LogP contribution in [-0.2, 0) is 0 Å². The molecule has 4 rings (SSSR count). The number of carbonyl (C=O) groups excluding carboxylic acids is 1. The average molecular weight is 353 g/mol. The number of hydrogen-bond donors (Lipinski definition) is 1. The number of carbonyl (C=O) groups is 1. The minimum atomic E-state index is 0.00645. The second kappa shape index (κ2) is 6.76. The summed E-state index contributed by atoms with van der Waals surface area (Å²) in [7, 11) is 0. The van der Waals surface area contributed by atoms with Crippen LogP contribution < -0.4 is 5.32 Å². The molecule has 0 bridgehead atoms. The molecule has 1 unspecified atom stereocenters. The average Bonchev–Trinajstić information content (AvgIpc) is 3.33. The van der Waals surface area contributed by atoms with Crippen molar-refractivity contribution >= 4 is 33.4 Å². The van der Waals surface area contributed by atoms with Crippen molar-refractivity contribution < 1.29 is 4.79 Å². The first-order chi connectivity index (χ1) is 12.2. The van der Waals surface area contributed by atoms with Gasteiger partial charge in [0, 0.05) is 25.5 Å². The number of amides is 1. The molecule has 0 radical (unpaired) electrons. The Kier molecular flexibility index (Phi) is 4.31. The standard InChI is InChI=1S/C18H19N5OS/c1-12(13-4-7-19-8-5-13)20-18-21-14-6-11-25-16(14)15(22-18)17(24)23-9-2-3-10-23/h4-8,11-12H,2-3,9-10H2,1H3,(H,20,21,22). The third kappa shape index (κ3) is 3.19. The summed E-state index contributed by atoms with van der Waals surface area (Å²) in [6, 6.07) is 5.87. The Morgan fingerprint density at radius 2 is 1.96 bits per heavy atom. The number of rotatable bonds is 4. The SMILES string of the molecule is CC(Nc1nc(C(=O)N2CCCC2)c2sccc2n1)c1ccncc1. The van der Waals surface area contributed by atoms with E-state index in [1.807, 2.05) is 35.4 Å². The van der Waals surface area contributed by atoms with Crippen LogP contribution in [0.4, 0.5) is 5.95 Å². The number of likely N-dealkylation sites (tertiary alicyclic amines) is 1. The van der Waals surface area contributed by atoms with Crippen LogP contribution in [0.25, 0.3) is 10.2 Å². The number of pyridine rings is 1. The maximum Gasteiger partial charge on any atom is 0.274 e. The number of aromatic nitrogens is 3. The van der Waals surface area contributed by atoms with Gasteiger partial charge in [-0.3, -0.25) is 9.78 Å². The van der Waals surface area contributed by atoms with Crippen LogP contribution in [0.1, 0.15) is 41.9 Å². The minimum absolute atomic E-state index is 0.00645. The van der Waals surface area contributed by atoms with E-state index >= 15 is 0 Å². The molecule has 0 spiro atoms. The van der Waals surface area contributed by atoms with Gasteiger partial charge in [-0.15, -0.1) is 11.3 Å². The predicted octanol–water partition coefficient (Wildman–Crippen LogP) is 3.50. The highest BCUT2D eigenvalue weighted by atomic mass is 32.1. The maximum atomic E-state index is 12.9. The molecule has 25 heavy (non-hydrogen) atoms. The van der Waals surface area contributed by atoms with Crippen LogP contribution in [0.15, 0.2) is 36.0 Å². The lowest BCUT2D eigenvalue weighted by Crippen LogP contribution is -2.28. The van der Waals surface area contributed by atoms with Crippen molar-refractivity contribution in [3.8, 4) is 0 Å². The van der Waals surface area contributed by atoms with E-state index < -0.39 is 0 Å². The quantitative estimate of drug-likeness (QED) is 0.777. The molecule has 7 heteroatoms. The Balaban J connectivity index is 1.67. The van der Waals surface area contributed by atoms with Gasteiger partial charge in [-0.25, -0.2) is 9.97 Å². The van der Waals surface area contributed by atoms with E-state index in [9.17, 15) is 4.79 Å². The van der Waals surface area contributed by atoms with Crippen molar-refractivity contribution in [3.63, 3.8) is 0 Å². The fourth-order valence-electron chi connectivity index (χ4n) is 3.07. The second-order valence-electron chi connectivity index (χ2n) is 6.18. The Morgan fingerprint density at radius 1 is 1.20 bits per heavy atom. The van der Waals surface area contributed by atoms with Crippen molar-refractivity contribution in [2.45, 2.75) is 25.8 Å².